The normalized spacial score (nSPS) is 12.9. The molecule has 7 nitrogen and oxygen atoms in total. The average Bonchev–Trinajstić information content (AvgIpc) is 2.14. The maximum absolute atomic E-state index is 11.8. The van der Waals surface area contributed by atoms with Crippen molar-refractivity contribution in [1.82, 2.24) is 9.84 Å². The largest absolute Gasteiger partial charge is 0.254 e. The fourth-order valence-corrected chi connectivity index (χ4v) is 3.66. The van der Waals surface area contributed by atoms with E-state index in [-0.39, 0.29) is 4.90 Å². The van der Waals surface area contributed by atoms with E-state index in [4.69, 9.17) is 5.14 Å². The molecule has 9 heteroatoms. The second-order valence-corrected chi connectivity index (χ2v) is 6.64. The summed E-state index contributed by atoms with van der Waals surface area (Å²) in [5.74, 6) is 0. The van der Waals surface area contributed by atoms with Crippen LogP contribution in [0, 0.1) is 0 Å². The van der Waals surface area contributed by atoms with Gasteiger partial charge in [-0.25, -0.2) is 27.0 Å². The summed E-state index contributed by atoms with van der Waals surface area (Å²) >= 11 is 0. The van der Waals surface area contributed by atoms with Crippen LogP contribution in [0.2, 0.25) is 0 Å². The van der Waals surface area contributed by atoms with Crippen LogP contribution < -0.4 is 9.97 Å². The maximum atomic E-state index is 11.8. The van der Waals surface area contributed by atoms with E-state index < -0.39 is 24.9 Å². The van der Waals surface area contributed by atoms with Crippen molar-refractivity contribution in [2.75, 3.05) is 14.1 Å². The van der Waals surface area contributed by atoms with Gasteiger partial charge in [-0.3, -0.25) is 0 Å². The van der Waals surface area contributed by atoms with Gasteiger partial charge in [0.05, 0.1) is 0 Å². The topological polar surface area (TPSA) is 110 Å². The van der Waals surface area contributed by atoms with Gasteiger partial charge in [-0.05, 0) is 12.1 Å². The van der Waals surface area contributed by atoms with Crippen LogP contribution in [0.3, 0.4) is 0 Å². The molecule has 0 heterocycles. The molecule has 1 rings (SSSR count). The summed E-state index contributed by atoms with van der Waals surface area (Å²) in [6, 6.07) is 5.12. The Morgan fingerprint density at radius 3 is 1.94 bits per heavy atom. The molecule has 0 unspecified atom stereocenters. The Morgan fingerprint density at radius 1 is 1.06 bits per heavy atom. The number of nitrogens with zero attached hydrogens (tertiary/aromatic N) is 1. The quantitative estimate of drug-likeness (QED) is 0.693. The molecular formula is C8H13N3O4S2. The summed E-state index contributed by atoms with van der Waals surface area (Å²) in [5.41, 5.74) is 0. The molecule has 1 aromatic carbocycles. The highest BCUT2D eigenvalue weighted by atomic mass is 32.2. The lowest BCUT2D eigenvalue weighted by atomic mass is 10.4. The fourth-order valence-electron chi connectivity index (χ4n) is 1.20. The van der Waals surface area contributed by atoms with Crippen molar-refractivity contribution in [3.8, 4) is 0 Å². The van der Waals surface area contributed by atoms with Crippen LogP contribution in [0.5, 0.6) is 0 Å². The molecule has 0 atom stereocenters. The number of primary sulfonamides is 1. The van der Waals surface area contributed by atoms with E-state index in [0.29, 0.717) is 0 Å². The Bertz CT molecular complexity index is 607. The van der Waals surface area contributed by atoms with Crippen LogP contribution in [-0.2, 0) is 20.0 Å². The predicted octanol–water partition coefficient (Wildman–Crippen LogP) is -0.911. The molecule has 0 aliphatic rings. The molecule has 0 saturated heterocycles. The predicted molar refractivity (Wildman–Crippen MR) is 61.8 cm³/mol. The zero-order valence-corrected chi connectivity index (χ0v) is 10.9. The molecular weight excluding hydrogens is 266 g/mol. The summed E-state index contributed by atoms with van der Waals surface area (Å²) in [6.07, 6.45) is 0. The molecule has 1 aromatic rings. The van der Waals surface area contributed by atoms with Crippen molar-refractivity contribution < 1.29 is 16.8 Å². The number of rotatable bonds is 4. The van der Waals surface area contributed by atoms with Crippen molar-refractivity contribution >= 4 is 20.0 Å². The Labute approximate surface area is 100 Å². The van der Waals surface area contributed by atoms with Crippen LogP contribution in [-0.4, -0.2) is 35.9 Å². The van der Waals surface area contributed by atoms with E-state index >= 15 is 0 Å². The van der Waals surface area contributed by atoms with Gasteiger partial charge in [0, 0.05) is 14.1 Å². The Kier molecular flexibility index (Phi) is 3.89. The SMILES string of the molecule is CN(C)NS(=O)(=O)c1ccccc1S(N)(=O)=O. The third-order valence-electron chi connectivity index (χ3n) is 1.75. The number of sulfonamides is 2. The van der Waals surface area contributed by atoms with Gasteiger partial charge in [-0.15, -0.1) is 4.83 Å². The molecule has 0 amide bonds. The minimum Gasteiger partial charge on any atom is -0.237 e. The van der Waals surface area contributed by atoms with E-state index in [2.05, 4.69) is 4.83 Å². The van der Waals surface area contributed by atoms with Gasteiger partial charge in [0.1, 0.15) is 9.79 Å². The van der Waals surface area contributed by atoms with Crippen molar-refractivity contribution in [3.63, 3.8) is 0 Å². The third kappa shape index (κ3) is 3.48. The van der Waals surface area contributed by atoms with Crippen LogP contribution >= 0.6 is 0 Å². The molecule has 0 saturated carbocycles. The summed E-state index contributed by atoms with van der Waals surface area (Å²) in [4.78, 5) is 1.32. The smallest absolute Gasteiger partial charge is 0.237 e. The fraction of sp³-hybridized carbons (Fsp3) is 0.250. The average molecular weight is 279 g/mol. The first kappa shape index (κ1) is 14.1. The molecule has 0 radical (unpaired) electrons. The van der Waals surface area contributed by atoms with Gasteiger partial charge < -0.3 is 0 Å². The first-order chi connectivity index (χ1) is 7.64. The van der Waals surface area contributed by atoms with E-state index in [1.165, 1.54) is 37.3 Å². The molecule has 0 fully saturated rings. The van der Waals surface area contributed by atoms with Gasteiger partial charge in [0.25, 0.3) is 10.0 Å². The molecule has 0 aliphatic carbocycles. The number of nitrogens with two attached hydrogens (primary N) is 1. The maximum Gasteiger partial charge on any atom is 0.254 e. The molecule has 96 valence electrons. The number of benzene rings is 1. The molecule has 0 aromatic heterocycles. The van der Waals surface area contributed by atoms with Crippen LogP contribution in [0.4, 0.5) is 0 Å². The number of hydrogen-bond acceptors (Lipinski definition) is 5. The molecule has 3 N–H and O–H groups in total. The van der Waals surface area contributed by atoms with E-state index in [0.717, 1.165) is 6.07 Å². The van der Waals surface area contributed by atoms with Crippen molar-refractivity contribution in [3.05, 3.63) is 24.3 Å². The summed E-state index contributed by atoms with van der Waals surface area (Å²) in [6.45, 7) is 0. The monoisotopic (exact) mass is 279 g/mol. The van der Waals surface area contributed by atoms with Gasteiger partial charge in [0.15, 0.2) is 0 Å². The van der Waals surface area contributed by atoms with Crippen molar-refractivity contribution in [2.24, 2.45) is 5.14 Å². The lowest BCUT2D eigenvalue weighted by Crippen LogP contribution is -2.37. The lowest BCUT2D eigenvalue weighted by molar-refractivity contribution is 0.363. The second-order valence-electron chi connectivity index (χ2n) is 3.48. The van der Waals surface area contributed by atoms with Crippen molar-refractivity contribution in [1.29, 1.82) is 0 Å². The van der Waals surface area contributed by atoms with E-state index in [9.17, 15) is 16.8 Å². The van der Waals surface area contributed by atoms with Gasteiger partial charge in [-0.1, -0.05) is 12.1 Å². The zero-order valence-electron chi connectivity index (χ0n) is 9.28. The molecule has 17 heavy (non-hydrogen) atoms. The Morgan fingerprint density at radius 2 is 1.53 bits per heavy atom. The first-order valence-corrected chi connectivity index (χ1v) is 7.49. The van der Waals surface area contributed by atoms with Gasteiger partial charge >= 0.3 is 0 Å². The lowest BCUT2D eigenvalue weighted by Gasteiger charge is -2.14. The summed E-state index contributed by atoms with van der Waals surface area (Å²) in [7, 11) is -5.11. The van der Waals surface area contributed by atoms with Gasteiger partial charge in [-0.2, -0.15) is 0 Å². The van der Waals surface area contributed by atoms with Crippen LogP contribution in [0.15, 0.2) is 34.1 Å². The third-order valence-corrected chi connectivity index (χ3v) is 4.39. The summed E-state index contributed by atoms with van der Waals surface area (Å²) < 4.78 is 46.2. The minimum absolute atomic E-state index is 0.379. The number of hydrogen-bond donors (Lipinski definition) is 2. The highest BCUT2D eigenvalue weighted by Gasteiger charge is 2.24. The zero-order chi connectivity index (χ0) is 13.3. The molecule has 0 aliphatic heterocycles. The first-order valence-electron chi connectivity index (χ1n) is 4.46. The molecule has 0 spiro atoms. The Balaban J connectivity index is 3.43. The minimum atomic E-state index is -4.09. The van der Waals surface area contributed by atoms with E-state index in [1.807, 2.05) is 0 Å². The van der Waals surface area contributed by atoms with Crippen LogP contribution in [0.1, 0.15) is 0 Å². The number of nitrogens with one attached hydrogen (secondary N) is 1. The highest BCUT2D eigenvalue weighted by Crippen LogP contribution is 2.18. The Hall–Kier alpha value is -1.00. The van der Waals surface area contributed by atoms with Gasteiger partial charge in [0.2, 0.25) is 10.0 Å². The van der Waals surface area contributed by atoms with E-state index in [1.54, 1.807) is 0 Å². The van der Waals surface area contributed by atoms with Crippen LogP contribution in [0.25, 0.3) is 0 Å². The second kappa shape index (κ2) is 4.70. The number of hydrazine groups is 1. The summed E-state index contributed by atoms with van der Waals surface area (Å²) in [5, 5.41) is 6.14. The van der Waals surface area contributed by atoms with Crippen molar-refractivity contribution in [2.45, 2.75) is 9.79 Å². The standard InChI is InChI=1S/C8H13N3O4S2/c1-11(2)10-17(14,15)8-6-4-3-5-7(8)16(9,12)13/h3-6,10H,1-2H3,(H2,9,12,13). The molecule has 0 bridgehead atoms. The highest BCUT2D eigenvalue weighted by molar-refractivity contribution is 7.92.